The van der Waals surface area contributed by atoms with E-state index in [1.165, 1.54) is 80.3 Å². The zero-order valence-corrected chi connectivity index (χ0v) is 34.9. The molecule has 11 aromatic carbocycles. The number of rotatable bonds is 6. The average Bonchev–Trinajstić information content (AvgIpc) is 3.92. The van der Waals surface area contributed by atoms with Crippen LogP contribution in [0.5, 0.6) is 0 Å². The highest BCUT2D eigenvalue weighted by Crippen LogP contribution is 2.47. The molecule has 0 aliphatic carbocycles. The fraction of sp³-hybridized carbons (Fsp3) is 0. The summed E-state index contributed by atoms with van der Waals surface area (Å²) in [6.45, 7) is 0. The van der Waals surface area contributed by atoms with Gasteiger partial charge in [-0.2, -0.15) is 0 Å². The third-order valence-electron chi connectivity index (χ3n) is 12.8. The molecule has 0 radical (unpaired) electrons. The molecule has 13 aromatic rings. The van der Waals surface area contributed by atoms with Gasteiger partial charge in [0.05, 0.1) is 0 Å². The molecule has 0 unspecified atom stereocenters. The fourth-order valence-electron chi connectivity index (χ4n) is 9.88. The third kappa shape index (κ3) is 5.78. The van der Waals surface area contributed by atoms with Gasteiger partial charge < -0.3 is 9.32 Å². The van der Waals surface area contributed by atoms with Crippen LogP contribution in [0.3, 0.4) is 0 Å². The molecule has 0 amide bonds. The minimum atomic E-state index is 0.850. The van der Waals surface area contributed by atoms with E-state index in [0.29, 0.717) is 0 Å². The van der Waals surface area contributed by atoms with Crippen LogP contribution < -0.4 is 4.90 Å². The zero-order chi connectivity index (χ0) is 41.4. The highest BCUT2D eigenvalue weighted by molar-refractivity contribution is 7.26. The number of hydrogen-bond donors (Lipinski definition) is 0. The number of hydrogen-bond acceptors (Lipinski definition) is 3. The van der Waals surface area contributed by atoms with Gasteiger partial charge in [-0.1, -0.05) is 164 Å². The molecule has 2 aromatic heterocycles. The topological polar surface area (TPSA) is 16.4 Å². The van der Waals surface area contributed by atoms with Crippen molar-refractivity contribution in [3.8, 4) is 33.4 Å². The third-order valence-corrected chi connectivity index (χ3v) is 14.1. The van der Waals surface area contributed by atoms with Crippen molar-refractivity contribution in [3.05, 3.63) is 224 Å². The molecule has 0 atom stereocenters. The Morgan fingerprint density at radius 2 is 0.921 bits per heavy atom. The van der Waals surface area contributed by atoms with Gasteiger partial charge in [0.15, 0.2) is 0 Å². The molecule has 0 fully saturated rings. The van der Waals surface area contributed by atoms with E-state index in [9.17, 15) is 0 Å². The summed E-state index contributed by atoms with van der Waals surface area (Å²) in [7, 11) is 0. The van der Waals surface area contributed by atoms with E-state index in [1.807, 2.05) is 11.3 Å². The number of anilines is 3. The Bertz CT molecular complexity index is 3900. The van der Waals surface area contributed by atoms with E-state index in [2.05, 4.69) is 229 Å². The van der Waals surface area contributed by atoms with Gasteiger partial charge in [-0.05, 0) is 115 Å². The molecule has 0 saturated carbocycles. The molecule has 0 saturated heterocycles. The molecule has 0 N–H and O–H groups in total. The second-order valence-corrected chi connectivity index (χ2v) is 17.5. The molecule has 2 nitrogen and oxygen atoms in total. The highest BCUT2D eigenvalue weighted by Gasteiger charge is 2.21. The number of benzene rings is 11. The van der Waals surface area contributed by atoms with E-state index in [4.69, 9.17) is 4.42 Å². The molecule has 13 rings (SSSR count). The lowest BCUT2D eigenvalue weighted by Gasteiger charge is -2.26. The summed E-state index contributed by atoms with van der Waals surface area (Å²) in [5, 5.41) is 12.1. The first-order chi connectivity index (χ1) is 31.2. The second kappa shape index (κ2) is 14.3. The lowest BCUT2D eigenvalue weighted by Crippen LogP contribution is -2.09. The normalized spacial score (nSPS) is 11.8. The van der Waals surface area contributed by atoms with Crippen LogP contribution in [0.15, 0.2) is 229 Å². The molecule has 0 aliphatic rings. The summed E-state index contributed by atoms with van der Waals surface area (Å²) in [5.41, 5.74) is 12.0. The van der Waals surface area contributed by atoms with Gasteiger partial charge in [-0.25, -0.2) is 0 Å². The van der Waals surface area contributed by atoms with Crippen molar-refractivity contribution in [3.63, 3.8) is 0 Å². The van der Waals surface area contributed by atoms with Gasteiger partial charge in [0.1, 0.15) is 11.2 Å². The quantitative estimate of drug-likeness (QED) is 0.155. The smallest absolute Gasteiger partial charge is 0.143 e. The number of thiophene rings is 1. The van der Waals surface area contributed by atoms with Crippen LogP contribution in [0.25, 0.3) is 108 Å². The van der Waals surface area contributed by atoms with Gasteiger partial charge in [0.2, 0.25) is 0 Å². The molecule has 63 heavy (non-hydrogen) atoms. The minimum absolute atomic E-state index is 0.850. The van der Waals surface area contributed by atoms with E-state index in [0.717, 1.165) is 44.6 Å². The number of nitrogens with zero attached hydrogens (tertiary/aromatic N) is 1. The molecule has 0 bridgehead atoms. The van der Waals surface area contributed by atoms with Crippen LogP contribution in [-0.4, -0.2) is 0 Å². The standard InChI is InChI=1S/C60H37NOS/c1-2-13-38(14-3-1)39-25-29-43(30-26-39)61(44-31-27-40(28-32-44)48-22-12-23-53-52-21-10-11-24-57(52)63-60(48)53)45-33-34-51-55-36-42-16-5-7-18-47(42)58(59(55)62-56(51)37-45)54-35-41-15-4-6-17-46(41)49-19-8-9-20-50(49)54/h1-37H. The van der Waals surface area contributed by atoms with Gasteiger partial charge >= 0.3 is 0 Å². The average molecular weight is 820 g/mol. The Balaban J connectivity index is 0.992. The summed E-state index contributed by atoms with van der Waals surface area (Å²) in [6.07, 6.45) is 0. The van der Waals surface area contributed by atoms with Crippen molar-refractivity contribution in [2.75, 3.05) is 4.90 Å². The lowest BCUT2D eigenvalue weighted by molar-refractivity contribution is 0.670. The van der Waals surface area contributed by atoms with Crippen LogP contribution in [-0.2, 0) is 0 Å². The zero-order valence-electron chi connectivity index (χ0n) is 34.1. The van der Waals surface area contributed by atoms with Crippen molar-refractivity contribution in [2.24, 2.45) is 0 Å². The van der Waals surface area contributed by atoms with Crippen LogP contribution in [0, 0.1) is 0 Å². The summed E-state index contributed by atoms with van der Waals surface area (Å²) < 4.78 is 9.80. The van der Waals surface area contributed by atoms with Crippen molar-refractivity contribution in [1.82, 2.24) is 0 Å². The Morgan fingerprint density at radius 3 is 1.70 bits per heavy atom. The molecular formula is C60H37NOS. The van der Waals surface area contributed by atoms with Crippen molar-refractivity contribution in [1.29, 1.82) is 0 Å². The maximum absolute atomic E-state index is 7.16. The molecule has 0 aliphatic heterocycles. The van der Waals surface area contributed by atoms with E-state index < -0.39 is 0 Å². The SMILES string of the molecule is c1ccc(-c2ccc(N(c3ccc(-c4cccc5c4sc4ccccc45)cc3)c3ccc4c(c3)oc3c(-c5cc6ccccc6c6ccccc56)c5ccccc5cc34)cc2)cc1. The van der Waals surface area contributed by atoms with Crippen LogP contribution in [0.1, 0.15) is 0 Å². The van der Waals surface area contributed by atoms with E-state index in [-0.39, 0.29) is 0 Å². The molecule has 2 heterocycles. The minimum Gasteiger partial charge on any atom is -0.455 e. The van der Waals surface area contributed by atoms with Gasteiger partial charge in [0, 0.05) is 59.6 Å². The van der Waals surface area contributed by atoms with Crippen molar-refractivity contribution < 1.29 is 4.42 Å². The van der Waals surface area contributed by atoms with Crippen molar-refractivity contribution >= 4 is 103 Å². The Hall–Kier alpha value is -7.98. The van der Waals surface area contributed by atoms with Gasteiger partial charge in [-0.15, -0.1) is 11.3 Å². The fourth-order valence-corrected chi connectivity index (χ4v) is 11.1. The maximum Gasteiger partial charge on any atom is 0.143 e. The second-order valence-electron chi connectivity index (χ2n) is 16.4. The largest absolute Gasteiger partial charge is 0.455 e. The molecular weight excluding hydrogens is 783 g/mol. The van der Waals surface area contributed by atoms with E-state index >= 15 is 0 Å². The highest BCUT2D eigenvalue weighted by atomic mass is 32.1. The summed E-state index contributed by atoms with van der Waals surface area (Å²) in [6, 6.07) is 81.5. The predicted molar refractivity (Wildman–Crippen MR) is 270 cm³/mol. The summed E-state index contributed by atoms with van der Waals surface area (Å²) >= 11 is 1.87. The first-order valence-electron chi connectivity index (χ1n) is 21.5. The van der Waals surface area contributed by atoms with Crippen molar-refractivity contribution in [2.45, 2.75) is 0 Å². The number of furan rings is 1. The molecule has 294 valence electrons. The van der Waals surface area contributed by atoms with Crippen LogP contribution in [0.4, 0.5) is 17.1 Å². The van der Waals surface area contributed by atoms with Gasteiger partial charge in [-0.3, -0.25) is 0 Å². The number of fused-ring (bicyclic) bond motifs is 10. The van der Waals surface area contributed by atoms with Gasteiger partial charge in [0.25, 0.3) is 0 Å². The first kappa shape index (κ1) is 35.7. The summed E-state index contributed by atoms with van der Waals surface area (Å²) in [4.78, 5) is 2.35. The summed E-state index contributed by atoms with van der Waals surface area (Å²) in [5.74, 6) is 0. The maximum atomic E-state index is 7.16. The molecule has 3 heteroatoms. The van der Waals surface area contributed by atoms with Crippen LogP contribution >= 0.6 is 11.3 Å². The van der Waals surface area contributed by atoms with E-state index in [1.54, 1.807) is 0 Å². The Kier molecular flexibility index (Phi) is 8.12. The Morgan fingerprint density at radius 1 is 0.333 bits per heavy atom. The predicted octanol–water partition coefficient (Wildman–Crippen LogP) is 17.9. The monoisotopic (exact) mass is 819 g/mol. The Labute approximate surface area is 368 Å². The van der Waals surface area contributed by atoms with Crippen LogP contribution in [0.2, 0.25) is 0 Å². The lowest BCUT2D eigenvalue weighted by atomic mass is 9.89. The first-order valence-corrected chi connectivity index (χ1v) is 22.3. The molecule has 0 spiro atoms.